The maximum Gasteiger partial charge on any atom is 0.0594 e. The fraction of sp³-hybridized carbons (Fsp3) is 1.00. The van der Waals surface area contributed by atoms with Gasteiger partial charge in [-0.15, -0.1) is 0 Å². The van der Waals surface area contributed by atoms with Crippen molar-refractivity contribution in [2.24, 2.45) is 11.8 Å². The molecule has 0 bridgehead atoms. The highest BCUT2D eigenvalue weighted by molar-refractivity contribution is 5.20. The van der Waals surface area contributed by atoms with E-state index in [-0.39, 0.29) is 0 Å². The molecule has 1 saturated carbocycles. The summed E-state index contributed by atoms with van der Waals surface area (Å²) in [6, 6.07) is 0. The molecule has 0 spiro atoms. The lowest BCUT2D eigenvalue weighted by atomic mass is 10.1. The number of hydrogen-bond acceptors (Lipinski definition) is 3. The Hall–Kier alpha value is -0.120. The van der Waals surface area contributed by atoms with Gasteiger partial charge in [0.05, 0.1) is 13.2 Å². The van der Waals surface area contributed by atoms with Crippen LogP contribution in [0.15, 0.2) is 0 Å². The molecule has 3 rings (SSSR count). The number of nitrogens with zero attached hydrogens (tertiary/aromatic N) is 1. The van der Waals surface area contributed by atoms with Gasteiger partial charge in [-0.3, -0.25) is 4.90 Å². The van der Waals surface area contributed by atoms with Crippen LogP contribution in [0.1, 0.15) is 6.92 Å². The second kappa shape index (κ2) is 2.69. The minimum absolute atomic E-state index is 0.523. The lowest BCUT2D eigenvalue weighted by Crippen LogP contribution is -2.48. The summed E-state index contributed by atoms with van der Waals surface area (Å²) in [5.41, 5.74) is 0.523. The first kappa shape index (κ1) is 8.21. The molecule has 0 aromatic heterocycles. The molecule has 2 aliphatic heterocycles. The fourth-order valence-electron chi connectivity index (χ4n) is 3.29. The van der Waals surface area contributed by atoms with Crippen LogP contribution in [0, 0.1) is 11.8 Å². The molecule has 1 aliphatic carbocycles. The Morgan fingerprint density at radius 1 is 1.23 bits per heavy atom. The highest BCUT2D eigenvalue weighted by Gasteiger charge is 2.65. The van der Waals surface area contributed by atoms with Crippen molar-refractivity contribution < 1.29 is 4.74 Å². The summed E-state index contributed by atoms with van der Waals surface area (Å²) >= 11 is 0. The number of fused-ring (bicyclic) bond motifs is 1. The SMILES string of the molecule is CC1(N2CCOCC2)[C@@H]2CNC[C@@H]21. The van der Waals surface area contributed by atoms with Gasteiger partial charge in [0.2, 0.25) is 0 Å². The molecule has 0 aromatic carbocycles. The van der Waals surface area contributed by atoms with Crippen LogP contribution in [-0.4, -0.2) is 49.8 Å². The van der Waals surface area contributed by atoms with Crippen molar-refractivity contribution in [1.82, 2.24) is 10.2 Å². The summed E-state index contributed by atoms with van der Waals surface area (Å²) in [5, 5.41) is 3.46. The number of ether oxygens (including phenoxy) is 1. The van der Waals surface area contributed by atoms with E-state index in [1.165, 1.54) is 13.1 Å². The van der Waals surface area contributed by atoms with E-state index in [4.69, 9.17) is 4.74 Å². The molecule has 2 saturated heterocycles. The average Bonchev–Trinajstić information content (AvgIpc) is 2.62. The third-order valence-electron chi connectivity index (χ3n) is 4.30. The number of rotatable bonds is 1. The Bertz CT molecular complexity index is 203. The van der Waals surface area contributed by atoms with Gasteiger partial charge in [0.25, 0.3) is 0 Å². The Kier molecular flexibility index (Phi) is 1.70. The van der Waals surface area contributed by atoms with Crippen LogP contribution >= 0.6 is 0 Å². The van der Waals surface area contributed by atoms with Crippen LogP contribution < -0.4 is 5.32 Å². The number of morpholine rings is 1. The zero-order valence-electron chi connectivity index (χ0n) is 8.25. The fourth-order valence-corrected chi connectivity index (χ4v) is 3.29. The summed E-state index contributed by atoms with van der Waals surface area (Å²) in [6.07, 6.45) is 0. The van der Waals surface area contributed by atoms with Crippen molar-refractivity contribution in [3.63, 3.8) is 0 Å². The van der Waals surface area contributed by atoms with E-state index in [9.17, 15) is 0 Å². The van der Waals surface area contributed by atoms with Gasteiger partial charge < -0.3 is 10.1 Å². The summed E-state index contributed by atoms with van der Waals surface area (Å²) in [6.45, 7) is 9.06. The standard InChI is InChI=1S/C10H18N2O/c1-10(8-6-11-7-9(8)10)12-2-4-13-5-3-12/h8-9,11H,2-7H2,1H3/t8-,9+,10?. The average molecular weight is 182 g/mol. The second-order valence-electron chi connectivity index (χ2n) is 4.70. The predicted molar refractivity (Wildman–Crippen MR) is 50.6 cm³/mol. The quantitative estimate of drug-likeness (QED) is 0.614. The first-order chi connectivity index (χ1) is 6.33. The van der Waals surface area contributed by atoms with Crippen molar-refractivity contribution in [1.29, 1.82) is 0 Å². The molecular formula is C10H18N2O. The van der Waals surface area contributed by atoms with Gasteiger partial charge in [-0.2, -0.15) is 0 Å². The van der Waals surface area contributed by atoms with E-state index in [2.05, 4.69) is 17.1 Å². The Balaban J connectivity index is 1.71. The summed E-state index contributed by atoms with van der Waals surface area (Å²) < 4.78 is 5.39. The van der Waals surface area contributed by atoms with Crippen LogP contribution in [0.25, 0.3) is 0 Å². The van der Waals surface area contributed by atoms with Gasteiger partial charge in [-0.1, -0.05) is 0 Å². The normalized spacial score (nSPS) is 50.5. The molecule has 3 nitrogen and oxygen atoms in total. The van der Waals surface area contributed by atoms with Crippen molar-refractivity contribution in [2.75, 3.05) is 39.4 Å². The largest absolute Gasteiger partial charge is 0.379 e. The van der Waals surface area contributed by atoms with E-state index >= 15 is 0 Å². The highest BCUT2D eigenvalue weighted by atomic mass is 16.5. The van der Waals surface area contributed by atoms with E-state index in [0.29, 0.717) is 5.54 Å². The van der Waals surface area contributed by atoms with E-state index < -0.39 is 0 Å². The minimum atomic E-state index is 0.523. The minimum Gasteiger partial charge on any atom is -0.379 e. The van der Waals surface area contributed by atoms with E-state index in [1.807, 2.05) is 0 Å². The summed E-state index contributed by atoms with van der Waals surface area (Å²) in [5.74, 6) is 1.84. The Morgan fingerprint density at radius 2 is 1.85 bits per heavy atom. The molecule has 1 unspecified atom stereocenters. The van der Waals surface area contributed by atoms with E-state index in [1.54, 1.807) is 0 Å². The zero-order valence-corrected chi connectivity index (χ0v) is 8.25. The van der Waals surface area contributed by atoms with Crippen LogP contribution in [0.4, 0.5) is 0 Å². The lowest BCUT2D eigenvalue weighted by molar-refractivity contribution is 0.00509. The molecular weight excluding hydrogens is 164 g/mol. The van der Waals surface area contributed by atoms with Crippen molar-refractivity contribution >= 4 is 0 Å². The molecule has 0 radical (unpaired) electrons. The molecule has 2 heterocycles. The first-order valence-corrected chi connectivity index (χ1v) is 5.37. The van der Waals surface area contributed by atoms with Crippen LogP contribution in [-0.2, 0) is 4.74 Å². The zero-order chi connectivity index (χ0) is 8.89. The highest BCUT2D eigenvalue weighted by Crippen LogP contribution is 2.56. The third-order valence-corrected chi connectivity index (χ3v) is 4.30. The predicted octanol–water partition coefficient (Wildman–Crippen LogP) is -0.0735. The van der Waals surface area contributed by atoms with Crippen LogP contribution in [0.3, 0.4) is 0 Å². The molecule has 13 heavy (non-hydrogen) atoms. The number of piperidine rings is 1. The van der Waals surface area contributed by atoms with Crippen molar-refractivity contribution in [3.05, 3.63) is 0 Å². The molecule has 1 N–H and O–H groups in total. The van der Waals surface area contributed by atoms with Crippen molar-refractivity contribution in [2.45, 2.75) is 12.5 Å². The summed E-state index contributed by atoms with van der Waals surface area (Å²) in [4.78, 5) is 2.65. The lowest BCUT2D eigenvalue weighted by Gasteiger charge is -2.35. The van der Waals surface area contributed by atoms with E-state index in [0.717, 1.165) is 38.1 Å². The van der Waals surface area contributed by atoms with Gasteiger partial charge in [-0.05, 0) is 18.8 Å². The molecule has 3 atom stereocenters. The Labute approximate surface area is 79.4 Å². The molecule has 3 heteroatoms. The topological polar surface area (TPSA) is 24.5 Å². The van der Waals surface area contributed by atoms with Gasteiger partial charge >= 0.3 is 0 Å². The third kappa shape index (κ3) is 1.01. The molecule has 0 amide bonds. The smallest absolute Gasteiger partial charge is 0.0594 e. The number of hydrogen-bond donors (Lipinski definition) is 1. The van der Waals surface area contributed by atoms with Gasteiger partial charge in [0, 0.05) is 31.7 Å². The van der Waals surface area contributed by atoms with Gasteiger partial charge in [0.15, 0.2) is 0 Å². The van der Waals surface area contributed by atoms with Crippen LogP contribution in [0.2, 0.25) is 0 Å². The first-order valence-electron chi connectivity index (χ1n) is 5.37. The van der Waals surface area contributed by atoms with Crippen molar-refractivity contribution in [3.8, 4) is 0 Å². The van der Waals surface area contributed by atoms with Gasteiger partial charge in [-0.25, -0.2) is 0 Å². The summed E-state index contributed by atoms with van der Waals surface area (Å²) in [7, 11) is 0. The molecule has 3 fully saturated rings. The van der Waals surface area contributed by atoms with Crippen LogP contribution in [0.5, 0.6) is 0 Å². The maximum absolute atomic E-state index is 5.39. The molecule has 3 aliphatic rings. The maximum atomic E-state index is 5.39. The monoisotopic (exact) mass is 182 g/mol. The second-order valence-corrected chi connectivity index (χ2v) is 4.70. The number of nitrogens with one attached hydrogen (secondary N) is 1. The Morgan fingerprint density at radius 3 is 2.46 bits per heavy atom. The molecule has 74 valence electrons. The molecule has 0 aromatic rings. The van der Waals surface area contributed by atoms with Gasteiger partial charge in [0.1, 0.15) is 0 Å².